The largest absolute Gasteiger partial charge is 0.403 e. The number of aromatic nitrogens is 3. The maximum Gasteiger partial charge on any atom is 0.254 e. The number of nitrogens with one attached hydrogen (secondary N) is 1. The van der Waals surface area contributed by atoms with Gasteiger partial charge < -0.3 is 16.8 Å². The fourth-order valence-corrected chi connectivity index (χ4v) is 5.45. The number of amides is 1. The Balaban J connectivity index is 1.55. The van der Waals surface area contributed by atoms with Crippen molar-refractivity contribution in [1.29, 1.82) is 0 Å². The Hall–Kier alpha value is -4.48. The Kier molecular flexibility index (Phi) is 8.93. The van der Waals surface area contributed by atoms with Gasteiger partial charge in [0.25, 0.3) is 5.56 Å². The van der Waals surface area contributed by atoms with Gasteiger partial charge in [0.2, 0.25) is 5.91 Å². The van der Waals surface area contributed by atoms with Gasteiger partial charge >= 0.3 is 0 Å². The van der Waals surface area contributed by atoms with Gasteiger partial charge in [0.1, 0.15) is 0 Å². The van der Waals surface area contributed by atoms with Gasteiger partial charge in [0, 0.05) is 65.4 Å². The monoisotopic (exact) mass is 601 g/mol. The predicted molar refractivity (Wildman–Crippen MR) is 169 cm³/mol. The summed E-state index contributed by atoms with van der Waals surface area (Å²) in [5, 5.41) is 4.83. The van der Waals surface area contributed by atoms with E-state index in [0.717, 1.165) is 12.8 Å². The molecule has 11 nitrogen and oxygen atoms in total. The molecule has 12 heteroatoms. The first kappa shape index (κ1) is 30.0. The molecule has 1 aliphatic carbocycles. The third-order valence-corrected chi connectivity index (χ3v) is 8.12. The molecule has 2 aliphatic rings. The molecule has 2 atom stereocenters. The minimum absolute atomic E-state index is 0.146. The van der Waals surface area contributed by atoms with E-state index in [-0.39, 0.29) is 17.4 Å². The van der Waals surface area contributed by atoms with Crippen molar-refractivity contribution in [2.24, 2.45) is 34.1 Å². The Labute approximate surface area is 255 Å². The zero-order valence-corrected chi connectivity index (χ0v) is 25.0. The van der Waals surface area contributed by atoms with Crippen LogP contribution < -0.4 is 33.2 Å². The van der Waals surface area contributed by atoms with Crippen molar-refractivity contribution in [1.82, 2.24) is 19.9 Å². The number of carbonyl (C=O) groups excluding carboxylic acids is 1. The first-order chi connectivity index (χ1) is 20.7. The SMILES string of the molecule is CN=C1C(=CN)NC(=O)C(C)CCCC(n2cnc(-c3cc(Cl)ccc3N(N)/C=C(\N)C3CC3)cc2=O)c2cc1ccn2. The number of carbonyl (C=O) groups is 1. The highest BCUT2D eigenvalue weighted by Gasteiger charge is 2.26. The summed E-state index contributed by atoms with van der Waals surface area (Å²) in [6.45, 7) is 1.86. The van der Waals surface area contributed by atoms with Gasteiger partial charge in [0.15, 0.2) is 0 Å². The molecule has 0 radical (unpaired) electrons. The van der Waals surface area contributed by atoms with E-state index in [0.29, 0.717) is 75.5 Å². The van der Waals surface area contributed by atoms with E-state index >= 15 is 0 Å². The van der Waals surface area contributed by atoms with Crippen LogP contribution in [0, 0.1) is 11.8 Å². The smallest absolute Gasteiger partial charge is 0.254 e. The Morgan fingerprint density at radius 2 is 1.93 bits per heavy atom. The van der Waals surface area contributed by atoms with Crippen LogP contribution in [0.2, 0.25) is 5.02 Å². The molecule has 224 valence electrons. The Bertz CT molecular complexity index is 1680. The highest BCUT2D eigenvalue weighted by atomic mass is 35.5. The molecule has 3 aromatic rings. The van der Waals surface area contributed by atoms with E-state index in [1.165, 1.54) is 23.6 Å². The average Bonchev–Trinajstić information content (AvgIpc) is 3.85. The highest BCUT2D eigenvalue weighted by Crippen LogP contribution is 2.36. The van der Waals surface area contributed by atoms with Crippen molar-refractivity contribution in [3.63, 3.8) is 0 Å². The fourth-order valence-electron chi connectivity index (χ4n) is 5.28. The summed E-state index contributed by atoms with van der Waals surface area (Å²) in [6.07, 6.45) is 10.2. The molecule has 1 amide bonds. The molecule has 7 N–H and O–H groups in total. The molecule has 1 fully saturated rings. The molecule has 2 unspecified atom stereocenters. The quantitative estimate of drug-likeness (QED) is 0.254. The van der Waals surface area contributed by atoms with Crippen LogP contribution in [0.1, 0.15) is 56.3 Å². The summed E-state index contributed by atoms with van der Waals surface area (Å²) < 4.78 is 1.57. The molecule has 3 heterocycles. The van der Waals surface area contributed by atoms with Gasteiger partial charge in [-0.3, -0.25) is 29.1 Å². The number of allylic oxidation sites excluding steroid dienone is 2. The Morgan fingerprint density at radius 3 is 2.63 bits per heavy atom. The van der Waals surface area contributed by atoms with Gasteiger partial charge in [-0.1, -0.05) is 24.9 Å². The summed E-state index contributed by atoms with van der Waals surface area (Å²) in [7, 11) is 1.63. The topological polar surface area (TPSA) is 171 Å². The second-order valence-corrected chi connectivity index (χ2v) is 11.4. The van der Waals surface area contributed by atoms with Crippen LogP contribution in [-0.2, 0) is 4.79 Å². The van der Waals surface area contributed by atoms with Gasteiger partial charge in [0.05, 0.1) is 40.9 Å². The van der Waals surface area contributed by atoms with Gasteiger partial charge in [-0.25, -0.2) is 10.8 Å². The highest BCUT2D eigenvalue weighted by molar-refractivity contribution is 6.31. The standard InChI is InChI=1S/C31H36ClN9O2/c1-18-4-3-5-28(25-12-20(10-11-37-25)30(36-2)26(15-33)39-31(18)43)40-17-38-24(14-29(40)42)22-13-21(32)8-9-27(22)41(35)16-23(34)19-6-7-19/h8-19,28H,3-7,33-35H2,1-2H3,(H,39,43)/b23-16-,26-15?,36-30?. The van der Waals surface area contributed by atoms with E-state index in [1.807, 2.05) is 13.0 Å². The molecule has 2 aromatic heterocycles. The molecular weight excluding hydrogens is 566 g/mol. The average molecular weight is 602 g/mol. The number of hydrazine groups is 1. The summed E-state index contributed by atoms with van der Waals surface area (Å²) in [4.78, 5) is 40.3. The third-order valence-electron chi connectivity index (χ3n) is 7.88. The van der Waals surface area contributed by atoms with Crippen LogP contribution in [0.25, 0.3) is 11.3 Å². The van der Waals surface area contributed by atoms with E-state index in [1.54, 1.807) is 48.3 Å². The van der Waals surface area contributed by atoms with Crippen molar-refractivity contribution < 1.29 is 4.79 Å². The molecule has 1 saturated carbocycles. The van der Waals surface area contributed by atoms with Crippen LogP contribution in [0.3, 0.4) is 0 Å². The molecule has 5 rings (SSSR count). The van der Waals surface area contributed by atoms with Gasteiger partial charge in [-0.15, -0.1) is 0 Å². The maximum atomic E-state index is 13.7. The number of aliphatic imine (C=N–C) groups is 1. The fraction of sp³-hybridized carbons (Fsp3) is 0.323. The second-order valence-electron chi connectivity index (χ2n) is 11.0. The number of hydrogen-bond donors (Lipinski definition) is 4. The summed E-state index contributed by atoms with van der Waals surface area (Å²) in [6, 6.07) is 9.93. The molecule has 1 aromatic carbocycles. The number of hydrogen-bond acceptors (Lipinski definition) is 9. The second kappa shape index (κ2) is 12.8. The first-order valence-corrected chi connectivity index (χ1v) is 14.6. The number of halogens is 1. The normalized spacial score (nSPS) is 21.7. The Morgan fingerprint density at radius 1 is 1.14 bits per heavy atom. The van der Waals surface area contributed by atoms with E-state index < -0.39 is 6.04 Å². The summed E-state index contributed by atoms with van der Waals surface area (Å²) in [5.74, 6) is 6.30. The van der Waals surface area contributed by atoms with Crippen molar-refractivity contribution in [2.75, 3.05) is 12.1 Å². The van der Waals surface area contributed by atoms with Crippen molar-refractivity contribution in [3.8, 4) is 11.3 Å². The van der Waals surface area contributed by atoms with Crippen molar-refractivity contribution >= 4 is 28.9 Å². The van der Waals surface area contributed by atoms with E-state index in [2.05, 4.69) is 20.3 Å². The van der Waals surface area contributed by atoms with Gasteiger partial charge in [-0.2, -0.15) is 0 Å². The lowest BCUT2D eigenvalue weighted by molar-refractivity contribution is -0.123. The number of pyridine rings is 1. The number of rotatable bonds is 5. The predicted octanol–water partition coefficient (Wildman–Crippen LogP) is 3.59. The molecular formula is C31H36ClN9O2. The number of anilines is 1. The minimum Gasteiger partial charge on any atom is -0.403 e. The molecule has 0 saturated heterocycles. The van der Waals surface area contributed by atoms with E-state index in [4.69, 9.17) is 28.9 Å². The molecule has 1 aliphatic heterocycles. The van der Waals surface area contributed by atoms with Gasteiger partial charge in [-0.05, 0) is 56.0 Å². The number of nitrogens with two attached hydrogens (primary N) is 3. The first-order valence-electron chi connectivity index (χ1n) is 14.3. The lowest BCUT2D eigenvalue weighted by Crippen LogP contribution is -2.33. The van der Waals surface area contributed by atoms with Crippen LogP contribution in [0.5, 0.6) is 0 Å². The lowest BCUT2D eigenvalue weighted by Gasteiger charge is -2.23. The van der Waals surface area contributed by atoms with E-state index in [9.17, 15) is 9.59 Å². The lowest BCUT2D eigenvalue weighted by atomic mass is 9.96. The van der Waals surface area contributed by atoms with Crippen LogP contribution in [-0.4, -0.2) is 33.2 Å². The summed E-state index contributed by atoms with van der Waals surface area (Å²) >= 11 is 6.35. The zero-order valence-electron chi connectivity index (χ0n) is 24.2. The number of fused-ring (bicyclic) bond motifs is 2. The van der Waals surface area contributed by atoms with Crippen LogP contribution in [0.15, 0.2) is 82.5 Å². The third kappa shape index (κ3) is 6.63. The minimum atomic E-state index is -0.432. The van der Waals surface area contributed by atoms with Crippen LogP contribution in [0.4, 0.5) is 5.69 Å². The molecule has 43 heavy (non-hydrogen) atoms. The van der Waals surface area contributed by atoms with Crippen LogP contribution >= 0.6 is 11.6 Å². The number of nitrogens with zero attached hydrogens (tertiary/aromatic N) is 5. The molecule has 2 bridgehead atoms. The van der Waals surface area contributed by atoms with Crippen molar-refractivity contribution in [3.05, 3.63) is 99.4 Å². The van der Waals surface area contributed by atoms with Crippen molar-refractivity contribution in [2.45, 2.75) is 45.1 Å². The maximum absolute atomic E-state index is 13.7. The molecule has 0 spiro atoms. The zero-order chi connectivity index (χ0) is 30.7. The summed E-state index contributed by atoms with van der Waals surface area (Å²) in [5.41, 5.74) is 16.5. The number of benzene rings is 1.